The lowest BCUT2D eigenvalue weighted by Gasteiger charge is -2.21. The van der Waals surface area contributed by atoms with Crippen LogP contribution < -0.4 is 10.2 Å². The molecule has 0 spiro atoms. The number of likely N-dealkylation sites (N-methyl/N-ethyl adjacent to an activating group) is 1. The summed E-state index contributed by atoms with van der Waals surface area (Å²) >= 11 is 0. The van der Waals surface area contributed by atoms with Crippen molar-refractivity contribution in [3.8, 4) is 0 Å². The van der Waals surface area contributed by atoms with Crippen LogP contribution in [0.25, 0.3) is 0 Å². The number of nitrogens with one attached hydrogen (secondary N) is 2. The number of anilines is 1. The second-order valence-corrected chi connectivity index (χ2v) is 6.64. The van der Waals surface area contributed by atoms with Gasteiger partial charge in [-0.2, -0.15) is 0 Å². The molecule has 0 aromatic heterocycles. The van der Waals surface area contributed by atoms with E-state index in [0.717, 1.165) is 16.2 Å². The van der Waals surface area contributed by atoms with Crippen molar-refractivity contribution in [1.29, 1.82) is 0 Å². The molecule has 2 rings (SSSR count). The van der Waals surface area contributed by atoms with Gasteiger partial charge in [0.1, 0.15) is 12.4 Å². The molecule has 2 aromatic carbocycles. The fraction of sp³-hybridized carbons (Fsp3) is 0.350. The Kier molecular flexibility index (Phi) is 6.10. The number of halogens is 1. The minimum absolute atomic E-state index is 0.0406. The molecule has 128 valence electrons. The molecule has 0 fully saturated rings. The first-order valence-corrected chi connectivity index (χ1v) is 8.34. The summed E-state index contributed by atoms with van der Waals surface area (Å²) in [6.45, 7) is 6.76. The van der Waals surface area contributed by atoms with E-state index in [-0.39, 0.29) is 17.8 Å². The Morgan fingerprint density at radius 2 is 1.79 bits per heavy atom. The summed E-state index contributed by atoms with van der Waals surface area (Å²) < 4.78 is 13.3. The first kappa shape index (κ1) is 18.1. The number of carbonyl (C=O) groups is 1. The Bertz CT molecular complexity index is 682. The van der Waals surface area contributed by atoms with E-state index < -0.39 is 0 Å². The van der Waals surface area contributed by atoms with Crippen molar-refractivity contribution in [2.75, 3.05) is 12.4 Å². The minimum Gasteiger partial charge on any atom is -0.324 e. The highest BCUT2D eigenvalue weighted by molar-refractivity contribution is 5.93. The molecule has 24 heavy (non-hydrogen) atoms. The summed E-state index contributed by atoms with van der Waals surface area (Å²) in [6.07, 6.45) is 0. The monoisotopic (exact) mass is 329 g/mol. The molecule has 0 heterocycles. The van der Waals surface area contributed by atoms with Crippen molar-refractivity contribution in [3.05, 3.63) is 65.5 Å². The highest BCUT2D eigenvalue weighted by atomic mass is 19.1. The smallest absolute Gasteiger partial charge is 0.282 e. The lowest BCUT2D eigenvalue weighted by atomic mass is 10.0. The predicted octanol–water partition coefficient (Wildman–Crippen LogP) is 2.99. The second kappa shape index (κ2) is 8.06. The molecule has 3 nitrogen and oxygen atoms in total. The lowest BCUT2D eigenvalue weighted by Crippen LogP contribution is -3.12. The van der Waals surface area contributed by atoms with Crippen LogP contribution in [0.3, 0.4) is 0 Å². The SMILES string of the molecule is CC(C)c1ccc(NC(=O)[C@H](C)[NH+](C)Cc2cccc(F)c2)cc1. The molecular weight excluding hydrogens is 303 g/mol. The Morgan fingerprint density at radius 3 is 2.38 bits per heavy atom. The van der Waals surface area contributed by atoms with Crippen molar-refractivity contribution in [3.63, 3.8) is 0 Å². The van der Waals surface area contributed by atoms with Gasteiger partial charge in [0.2, 0.25) is 0 Å². The normalized spacial score (nSPS) is 13.6. The van der Waals surface area contributed by atoms with E-state index >= 15 is 0 Å². The standard InChI is InChI=1S/C20H25FN2O/c1-14(2)17-8-10-19(11-9-17)22-20(24)15(3)23(4)13-16-6-5-7-18(21)12-16/h5-12,14-15H,13H2,1-4H3,(H,22,24)/p+1/t15-/m0/s1. The van der Waals surface area contributed by atoms with Gasteiger partial charge in [-0.1, -0.05) is 38.1 Å². The van der Waals surface area contributed by atoms with Gasteiger partial charge in [-0.05, 0) is 42.7 Å². The summed E-state index contributed by atoms with van der Waals surface area (Å²) in [5.41, 5.74) is 2.93. The Balaban J connectivity index is 1.95. The van der Waals surface area contributed by atoms with Gasteiger partial charge < -0.3 is 10.2 Å². The van der Waals surface area contributed by atoms with Crippen LogP contribution in [0.1, 0.15) is 37.8 Å². The molecule has 0 aliphatic carbocycles. The molecule has 2 atom stereocenters. The second-order valence-electron chi connectivity index (χ2n) is 6.64. The molecule has 2 N–H and O–H groups in total. The Labute approximate surface area is 143 Å². The van der Waals surface area contributed by atoms with Crippen LogP contribution in [0.2, 0.25) is 0 Å². The predicted molar refractivity (Wildman–Crippen MR) is 95.6 cm³/mol. The van der Waals surface area contributed by atoms with Crippen molar-refractivity contribution in [1.82, 2.24) is 0 Å². The van der Waals surface area contributed by atoms with Gasteiger partial charge >= 0.3 is 0 Å². The zero-order valence-corrected chi connectivity index (χ0v) is 14.8. The van der Waals surface area contributed by atoms with E-state index in [4.69, 9.17) is 0 Å². The van der Waals surface area contributed by atoms with Gasteiger partial charge in [-0.3, -0.25) is 4.79 Å². The van der Waals surface area contributed by atoms with Crippen LogP contribution in [0.5, 0.6) is 0 Å². The van der Waals surface area contributed by atoms with Gasteiger partial charge in [-0.15, -0.1) is 0 Å². The third-order valence-electron chi connectivity index (χ3n) is 4.35. The van der Waals surface area contributed by atoms with E-state index in [2.05, 4.69) is 19.2 Å². The average Bonchev–Trinajstić information content (AvgIpc) is 2.54. The van der Waals surface area contributed by atoms with Crippen LogP contribution in [-0.2, 0) is 11.3 Å². The van der Waals surface area contributed by atoms with E-state index in [1.54, 1.807) is 6.07 Å². The van der Waals surface area contributed by atoms with Gasteiger partial charge in [-0.25, -0.2) is 4.39 Å². The van der Waals surface area contributed by atoms with E-state index in [1.165, 1.54) is 17.7 Å². The maximum absolute atomic E-state index is 13.3. The maximum Gasteiger partial charge on any atom is 0.282 e. The largest absolute Gasteiger partial charge is 0.324 e. The molecule has 0 aliphatic rings. The van der Waals surface area contributed by atoms with Crippen LogP contribution in [0, 0.1) is 5.82 Å². The quantitative estimate of drug-likeness (QED) is 0.839. The van der Waals surface area contributed by atoms with Gasteiger partial charge in [0.05, 0.1) is 7.05 Å². The van der Waals surface area contributed by atoms with Gasteiger partial charge in [0.15, 0.2) is 6.04 Å². The molecule has 1 unspecified atom stereocenters. The average molecular weight is 329 g/mol. The topological polar surface area (TPSA) is 33.5 Å². The summed E-state index contributed by atoms with van der Waals surface area (Å²) in [5.74, 6) is 0.180. The van der Waals surface area contributed by atoms with E-state index in [0.29, 0.717) is 12.5 Å². The number of hydrogen-bond donors (Lipinski definition) is 2. The molecule has 4 heteroatoms. The zero-order chi connectivity index (χ0) is 17.7. The Morgan fingerprint density at radius 1 is 1.12 bits per heavy atom. The summed E-state index contributed by atoms with van der Waals surface area (Å²) in [4.78, 5) is 13.4. The highest BCUT2D eigenvalue weighted by Crippen LogP contribution is 2.17. The third-order valence-corrected chi connectivity index (χ3v) is 4.35. The maximum atomic E-state index is 13.3. The molecule has 0 saturated heterocycles. The van der Waals surface area contributed by atoms with Crippen molar-refractivity contribution in [2.45, 2.75) is 39.3 Å². The number of amides is 1. The first-order valence-electron chi connectivity index (χ1n) is 8.34. The zero-order valence-electron chi connectivity index (χ0n) is 14.8. The summed E-state index contributed by atoms with van der Waals surface area (Å²) in [5, 5.41) is 2.95. The van der Waals surface area contributed by atoms with Gasteiger partial charge in [0.25, 0.3) is 5.91 Å². The fourth-order valence-corrected chi connectivity index (χ4v) is 2.55. The number of benzene rings is 2. The van der Waals surface area contributed by atoms with Crippen molar-refractivity contribution >= 4 is 11.6 Å². The van der Waals surface area contributed by atoms with E-state index in [9.17, 15) is 9.18 Å². The van der Waals surface area contributed by atoms with Crippen molar-refractivity contribution < 1.29 is 14.1 Å². The number of carbonyl (C=O) groups excluding carboxylic acids is 1. The molecule has 2 aromatic rings. The third kappa shape index (κ3) is 4.90. The molecule has 0 saturated carbocycles. The summed E-state index contributed by atoms with van der Waals surface area (Å²) in [7, 11) is 1.94. The van der Waals surface area contributed by atoms with Crippen LogP contribution in [-0.4, -0.2) is 19.0 Å². The van der Waals surface area contributed by atoms with Crippen molar-refractivity contribution in [2.24, 2.45) is 0 Å². The highest BCUT2D eigenvalue weighted by Gasteiger charge is 2.22. The lowest BCUT2D eigenvalue weighted by molar-refractivity contribution is -0.907. The molecule has 1 amide bonds. The minimum atomic E-state index is -0.248. The molecular formula is C20H26FN2O+. The Hall–Kier alpha value is -2.20. The molecule has 0 bridgehead atoms. The number of hydrogen-bond acceptors (Lipinski definition) is 1. The molecule has 0 radical (unpaired) electrons. The van der Waals surface area contributed by atoms with Crippen LogP contribution in [0.15, 0.2) is 48.5 Å². The van der Waals surface area contributed by atoms with Gasteiger partial charge in [0, 0.05) is 11.3 Å². The number of quaternary nitrogens is 1. The molecule has 0 aliphatic heterocycles. The number of rotatable bonds is 6. The first-order chi connectivity index (χ1) is 11.4. The summed E-state index contributed by atoms with van der Waals surface area (Å²) in [6, 6.07) is 14.2. The van der Waals surface area contributed by atoms with Crippen LogP contribution >= 0.6 is 0 Å². The van der Waals surface area contributed by atoms with Crippen LogP contribution in [0.4, 0.5) is 10.1 Å². The fourth-order valence-electron chi connectivity index (χ4n) is 2.55. The van der Waals surface area contributed by atoms with E-state index in [1.807, 2.05) is 44.3 Å².